The second-order valence-corrected chi connectivity index (χ2v) is 5.78. The smallest absolute Gasteiger partial charge is 0.231 e. The summed E-state index contributed by atoms with van der Waals surface area (Å²) in [5, 5.41) is 23.2. The monoisotopic (exact) mass is 351 g/mol. The molecule has 6 heteroatoms. The maximum atomic E-state index is 10.2. The van der Waals surface area contributed by atoms with E-state index in [1.807, 2.05) is 18.2 Å². The summed E-state index contributed by atoms with van der Waals surface area (Å²) in [5.41, 5.74) is 1.68. The second-order valence-electron chi connectivity index (χ2n) is 5.78. The Morgan fingerprint density at radius 2 is 1.88 bits per heavy atom. The van der Waals surface area contributed by atoms with Crippen LogP contribution in [0, 0.1) is 0 Å². The molecule has 1 heterocycles. The van der Waals surface area contributed by atoms with E-state index in [9.17, 15) is 10.2 Å². The van der Waals surface area contributed by atoms with Gasteiger partial charge in [-0.15, -0.1) is 12.4 Å². The van der Waals surface area contributed by atoms with E-state index < -0.39 is 6.10 Å². The van der Waals surface area contributed by atoms with Crippen molar-refractivity contribution in [2.24, 2.45) is 0 Å². The lowest BCUT2D eigenvalue weighted by molar-refractivity contribution is 0.167. The molecule has 2 atom stereocenters. The van der Waals surface area contributed by atoms with Crippen LogP contribution in [0.4, 0.5) is 0 Å². The van der Waals surface area contributed by atoms with Crippen LogP contribution >= 0.6 is 12.4 Å². The molecule has 0 spiro atoms. The Labute approximate surface area is 147 Å². The molecule has 0 fully saturated rings. The summed E-state index contributed by atoms with van der Waals surface area (Å²) in [6.45, 7) is 2.71. The van der Waals surface area contributed by atoms with Gasteiger partial charge in [0.05, 0.1) is 6.10 Å². The number of aliphatic hydroxyl groups is 1. The average molecular weight is 352 g/mol. The van der Waals surface area contributed by atoms with E-state index in [-0.39, 0.29) is 31.0 Å². The summed E-state index contributed by atoms with van der Waals surface area (Å²) in [5.74, 6) is 1.68. The molecule has 0 bridgehead atoms. The number of ether oxygens (including phenoxy) is 2. The minimum atomic E-state index is -0.740. The number of phenolic OH excluding ortho intramolecular Hbond substituents is 1. The highest BCUT2D eigenvalue weighted by molar-refractivity contribution is 5.85. The molecule has 3 rings (SSSR count). The molecule has 2 aromatic carbocycles. The van der Waals surface area contributed by atoms with Gasteiger partial charge in [0, 0.05) is 18.2 Å². The number of aromatic hydroxyl groups is 1. The number of rotatable bonds is 6. The van der Waals surface area contributed by atoms with Crippen LogP contribution in [-0.4, -0.2) is 29.6 Å². The number of halogens is 1. The van der Waals surface area contributed by atoms with Crippen LogP contribution in [0.2, 0.25) is 0 Å². The van der Waals surface area contributed by atoms with Crippen molar-refractivity contribution in [3.63, 3.8) is 0 Å². The number of fused-ring (bicyclic) bond motifs is 1. The molecule has 3 N–H and O–H groups in total. The summed E-state index contributed by atoms with van der Waals surface area (Å²) in [4.78, 5) is 0. The Balaban J connectivity index is 0.00000208. The Kier molecular flexibility index (Phi) is 6.31. The van der Waals surface area contributed by atoms with Crippen molar-refractivity contribution in [1.29, 1.82) is 0 Å². The van der Waals surface area contributed by atoms with Gasteiger partial charge in [0.2, 0.25) is 6.79 Å². The minimum Gasteiger partial charge on any atom is -0.508 e. The van der Waals surface area contributed by atoms with Crippen LogP contribution in [0.3, 0.4) is 0 Å². The van der Waals surface area contributed by atoms with Crippen molar-refractivity contribution < 1.29 is 19.7 Å². The van der Waals surface area contributed by atoms with Gasteiger partial charge >= 0.3 is 0 Å². The minimum absolute atomic E-state index is 0. The molecule has 0 aromatic heterocycles. The molecule has 24 heavy (non-hydrogen) atoms. The van der Waals surface area contributed by atoms with Gasteiger partial charge in [0.25, 0.3) is 0 Å². The fourth-order valence-corrected chi connectivity index (χ4v) is 2.69. The van der Waals surface area contributed by atoms with Crippen molar-refractivity contribution >= 4 is 12.4 Å². The largest absolute Gasteiger partial charge is 0.508 e. The second kappa shape index (κ2) is 8.24. The first kappa shape index (κ1) is 18.4. The number of hydrogen-bond acceptors (Lipinski definition) is 5. The number of aliphatic hydroxyl groups excluding tert-OH is 1. The van der Waals surface area contributed by atoms with Crippen LogP contribution in [0.1, 0.15) is 24.2 Å². The van der Waals surface area contributed by atoms with E-state index in [2.05, 4.69) is 12.2 Å². The Hall–Kier alpha value is -1.95. The summed E-state index contributed by atoms with van der Waals surface area (Å²) in [6.07, 6.45) is 0.0693. The van der Waals surface area contributed by atoms with E-state index >= 15 is 0 Å². The summed E-state index contributed by atoms with van der Waals surface area (Å²) in [6, 6.07) is 12.9. The highest BCUT2D eigenvalue weighted by Gasteiger charge is 2.16. The molecule has 1 aliphatic heterocycles. The van der Waals surface area contributed by atoms with E-state index in [0.29, 0.717) is 12.1 Å². The fraction of sp³-hybridized carbons (Fsp3) is 0.333. The van der Waals surface area contributed by atoms with Gasteiger partial charge in [0.1, 0.15) is 5.75 Å². The number of para-hydroxylation sites is 1. The van der Waals surface area contributed by atoms with Gasteiger partial charge in [0.15, 0.2) is 11.5 Å². The lowest BCUT2D eigenvalue weighted by Crippen LogP contribution is -2.32. The third-order valence-electron chi connectivity index (χ3n) is 3.93. The van der Waals surface area contributed by atoms with E-state index in [0.717, 1.165) is 23.5 Å². The zero-order valence-electron chi connectivity index (χ0n) is 13.4. The molecular weight excluding hydrogens is 330 g/mol. The van der Waals surface area contributed by atoms with Crippen LogP contribution in [0.5, 0.6) is 17.2 Å². The number of hydrogen-bond donors (Lipinski definition) is 3. The Morgan fingerprint density at radius 1 is 1.12 bits per heavy atom. The molecule has 0 saturated heterocycles. The van der Waals surface area contributed by atoms with Crippen LogP contribution in [0.15, 0.2) is 42.5 Å². The molecule has 0 saturated carbocycles. The number of benzene rings is 2. The summed E-state index contributed by atoms with van der Waals surface area (Å²) < 4.78 is 10.7. The molecular formula is C18H22ClNO4. The van der Waals surface area contributed by atoms with E-state index in [4.69, 9.17) is 9.47 Å². The number of phenols is 1. The maximum absolute atomic E-state index is 10.2. The summed E-state index contributed by atoms with van der Waals surface area (Å²) >= 11 is 0. The zero-order chi connectivity index (χ0) is 16.2. The zero-order valence-corrected chi connectivity index (χ0v) is 14.3. The highest BCUT2D eigenvalue weighted by atomic mass is 35.5. The SMILES string of the molecule is CC(Cc1ccc2c(c1)OCO2)NCC(O)c1ccccc1O.Cl. The Morgan fingerprint density at radius 3 is 2.67 bits per heavy atom. The molecule has 1 aliphatic rings. The third-order valence-corrected chi connectivity index (χ3v) is 3.93. The summed E-state index contributed by atoms with van der Waals surface area (Å²) in [7, 11) is 0. The fourth-order valence-electron chi connectivity index (χ4n) is 2.69. The molecule has 5 nitrogen and oxygen atoms in total. The van der Waals surface area contributed by atoms with Crippen molar-refractivity contribution in [3.8, 4) is 17.2 Å². The van der Waals surface area contributed by atoms with E-state index in [1.165, 1.54) is 0 Å². The first-order valence-electron chi connectivity index (χ1n) is 7.71. The number of nitrogens with one attached hydrogen (secondary N) is 1. The molecule has 0 radical (unpaired) electrons. The van der Waals surface area contributed by atoms with Gasteiger partial charge in [-0.3, -0.25) is 0 Å². The van der Waals surface area contributed by atoms with Crippen molar-refractivity contribution in [2.45, 2.75) is 25.5 Å². The quantitative estimate of drug-likeness (QED) is 0.746. The van der Waals surface area contributed by atoms with Gasteiger partial charge in [-0.1, -0.05) is 24.3 Å². The van der Waals surface area contributed by atoms with Crippen molar-refractivity contribution in [2.75, 3.05) is 13.3 Å². The Bertz CT molecular complexity index is 680. The molecule has 0 amide bonds. The third kappa shape index (κ3) is 4.32. The standard InChI is InChI=1S/C18H21NO4.ClH/c1-12(8-13-6-7-17-18(9-13)23-11-22-17)19-10-16(21)14-4-2-3-5-15(14)20;/h2-7,9,12,16,19-21H,8,10-11H2,1H3;1H. The lowest BCUT2D eigenvalue weighted by atomic mass is 10.0. The van der Waals surface area contributed by atoms with Crippen molar-refractivity contribution in [1.82, 2.24) is 5.32 Å². The average Bonchev–Trinajstić information content (AvgIpc) is 3.01. The van der Waals surface area contributed by atoms with Gasteiger partial charge in [-0.05, 0) is 37.1 Å². The van der Waals surface area contributed by atoms with Gasteiger partial charge in [-0.2, -0.15) is 0 Å². The van der Waals surface area contributed by atoms with Crippen LogP contribution in [-0.2, 0) is 6.42 Å². The molecule has 130 valence electrons. The lowest BCUT2D eigenvalue weighted by Gasteiger charge is -2.18. The topological polar surface area (TPSA) is 71.0 Å². The first-order chi connectivity index (χ1) is 11.1. The predicted octanol–water partition coefficient (Wildman–Crippen LogP) is 2.80. The van der Waals surface area contributed by atoms with Gasteiger partial charge in [-0.25, -0.2) is 0 Å². The molecule has 2 unspecified atom stereocenters. The van der Waals surface area contributed by atoms with Crippen LogP contribution < -0.4 is 14.8 Å². The highest BCUT2D eigenvalue weighted by Crippen LogP contribution is 2.32. The van der Waals surface area contributed by atoms with Crippen LogP contribution in [0.25, 0.3) is 0 Å². The molecule has 2 aromatic rings. The van der Waals surface area contributed by atoms with Crippen molar-refractivity contribution in [3.05, 3.63) is 53.6 Å². The normalized spacial score (nSPS) is 14.8. The van der Waals surface area contributed by atoms with E-state index in [1.54, 1.807) is 24.3 Å². The predicted molar refractivity (Wildman–Crippen MR) is 94.0 cm³/mol. The first-order valence-corrected chi connectivity index (χ1v) is 7.71. The molecule has 0 aliphatic carbocycles. The maximum Gasteiger partial charge on any atom is 0.231 e. The van der Waals surface area contributed by atoms with Gasteiger partial charge < -0.3 is 25.0 Å².